The number of benzene rings is 1. The molecule has 116 valence electrons. The van der Waals surface area contributed by atoms with Gasteiger partial charge in [-0.3, -0.25) is 4.79 Å². The highest BCUT2D eigenvalue weighted by atomic mass is 35.5. The number of carbonyl (C=O) groups excluding carboxylic acids is 1. The van der Waals surface area contributed by atoms with Crippen LogP contribution in [-0.2, 0) is 4.79 Å². The first-order chi connectivity index (χ1) is 9.83. The minimum absolute atomic E-state index is 0.00867. The number of halogens is 2. The standard InChI is InChI=1S/C15H20Cl2N2O2/c1-10(21-13-6-11(16)5-12(17)7-13)14(20)19-4-3-15(2,8-18)9-19/h5-7,10H,3-4,8-9,18H2,1-2H3. The molecule has 1 aliphatic heterocycles. The first-order valence-corrected chi connectivity index (χ1v) is 7.70. The zero-order chi connectivity index (χ0) is 15.6. The van der Waals surface area contributed by atoms with Crippen molar-refractivity contribution in [1.29, 1.82) is 0 Å². The molecule has 1 aromatic rings. The van der Waals surface area contributed by atoms with Crippen molar-refractivity contribution in [3.05, 3.63) is 28.2 Å². The third-order valence-corrected chi connectivity index (χ3v) is 4.30. The number of rotatable bonds is 4. The van der Waals surface area contributed by atoms with Crippen molar-refractivity contribution < 1.29 is 9.53 Å². The van der Waals surface area contributed by atoms with E-state index in [1.165, 1.54) is 0 Å². The van der Waals surface area contributed by atoms with Gasteiger partial charge in [-0.2, -0.15) is 0 Å². The number of nitrogens with zero attached hydrogens (tertiary/aromatic N) is 1. The molecule has 1 fully saturated rings. The minimum atomic E-state index is -0.584. The van der Waals surface area contributed by atoms with Gasteiger partial charge in [-0.25, -0.2) is 0 Å². The van der Waals surface area contributed by atoms with Gasteiger partial charge in [0.2, 0.25) is 0 Å². The zero-order valence-corrected chi connectivity index (χ0v) is 13.7. The van der Waals surface area contributed by atoms with Crippen LogP contribution in [0, 0.1) is 5.41 Å². The Balaban J connectivity index is 2.00. The van der Waals surface area contributed by atoms with Crippen LogP contribution in [0.25, 0.3) is 0 Å². The largest absolute Gasteiger partial charge is 0.481 e. The van der Waals surface area contributed by atoms with E-state index in [4.69, 9.17) is 33.7 Å². The molecule has 2 N–H and O–H groups in total. The Labute approximate surface area is 135 Å². The van der Waals surface area contributed by atoms with Crippen LogP contribution in [0.1, 0.15) is 20.3 Å². The molecule has 0 bridgehead atoms. The predicted molar refractivity (Wildman–Crippen MR) is 84.9 cm³/mol. The molecule has 0 saturated carbocycles. The highest BCUT2D eigenvalue weighted by Crippen LogP contribution is 2.30. The van der Waals surface area contributed by atoms with E-state index in [-0.39, 0.29) is 11.3 Å². The summed E-state index contributed by atoms with van der Waals surface area (Å²) in [7, 11) is 0. The topological polar surface area (TPSA) is 55.6 Å². The maximum atomic E-state index is 12.4. The Hall–Kier alpha value is -0.970. The summed E-state index contributed by atoms with van der Waals surface area (Å²) in [4.78, 5) is 14.2. The molecular weight excluding hydrogens is 311 g/mol. The lowest BCUT2D eigenvalue weighted by Crippen LogP contribution is -2.41. The number of hydrogen-bond acceptors (Lipinski definition) is 3. The summed E-state index contributed by atoms with van der Waals surface area (Å²) in [5.41, 5.74) is 5.77. The molecule has 2 atom stereocenters. The average Bonchev–Trinajstić information content (AvgIpc) is 2.80. The van der Waals surface area contributed by atoms with Crippen LogP contribution in [0.4, 0.5) is 0 Å². The number of nitrogens with two attached hydrogens (primary N) is 1. The molecule has 2 rings (SSSR count). The molecule has 21 heavy (non-hydrogen) atoms. The average molecular weight is 331 g/mol. The zero-order valence-electron chi connectivity index (χ0n) is 12.2. The number of hydrogen-bond donors (Lipinski definition) is 1. The van der Waals surface area contributed by atoms with E-state index in [0.717, 1.165) is 13.0 Å². The molecule has 0 spiro atoms. The third-order valence-electron chi connectivity index (χ3n) is 3.86. The van der Waals surface area contributed by atoms with Gasteiger partial charge >= 0.3 is 0 Å². The summed E-state index contributed by atoms with van der Waals surface area (Å²) in [6.07, 6.45) is 0.338. The second-order valence-corrected chi connectivity index (χ2v) is 6.76. The first-order valence-electron chi connectivity index (χ1n) is 6.94. The summed E-state index contributed by atoms with van der Waals surface area (Å²) in [6, 6.07) is 4.91. The van der Waals surface area contributed by atoms with Crippen molar-refractivity contribution in [2.45, 2.75) is 26.4 Å². The van der Waals surface area contributed by atoms with E-state index in [1.807, 2.05) is 4.90 Å². The summed E-state index contributed by atoms with van der Waals surface area (Å²) < 4.78 is 5.66. The second kappa shape index (κ2) is 6.42. The lowest BCUT2D eigenvalue weighted by Gasteiger charge is -2.25. The molecule has 6 heteroatoms. The van der Waals surface area contributed by atoms with Crippen molar-refractivity contribution in [2.75, 3.05) is 19.6 Å². The van der Waals surface area contributed by atoms with Crippen LogP contribution in [0.3, 0.4) is 0 Å². The molecule has 1 saturated heterocycles. The molecule has 4 nitrogen and oxygen atoms in total. The molecule has 0 radical (unpaired) electrons. The van der Waals surface area contributed by atoms with Crippen molar-refractivity contribution in [3.8, 4) is 5.75 Å². The molecule has 1 heterocycles. The predicted octanol–water partition coefficient (Wildman–Crippen LogP) is 2.96. The second-order valence-electron chi connectivity index (χ2n) is 5.89. The number of ether oxygens (including phenoxy) is 1. The fourth-order valence-corrected chi connectivity index (χ4v) is 2.99. The van der Waals surface area contributed by atoms with E-state index in [1.54, 1.807) is 25.1 Å². The SMILES string of the molecule is CC(Oc1cc(Cl)cc(Cl)c1)C(=O)N1CCC(C)(CN)C1. The minimum Gasteiger partial charge on any atom is -0.481 e. The van der Waals surface area contributed by atoms with Gasteiger partial charge < -0.3 is 15.4 Å². The molecular formula is C15H20Cl2N2O2. The summed E-state index contributed by atoms with van der Waals surface area (Å²) >= 11 is 11.8. The van der Waals surface area contributed by atoms with E-state index < -0.39 is 6.10 Å². The normalized spacial score (nSPS) is 23.2. The fourth-order valence-electron chi connectivity index (χ4n) is 2.49. The van der Waals surface area contributed by atoms with Crippen molar-refractivity contribution in [1.82, 2.24) is 4.90 Å². The quantitative estimate of drug-likeness (QED) is 0.923. The Kier molecular flexibility index (Phi) is 5.02. The van der Waals surface area contributed by atoms with E-state index in [0.29, 0.717) is 28.9 Å². The number of carbonyl (C=O) groups is 1. The molecule has 1 aliphatic rings. The van der Waals surface area contributed by atoms with E-state index in [2.05, 4.69) is 6.92 Å². The monoisotopic (exact) mass is 330 g/mol. The highest BCUT2D eigenvalue weighted by molar-refractivity contribution is 6.34. The van der Waals surface area contributed by atoms with Crippen molar-refractivity contribution in [2.24, 2.45) is 11.1 Å². The van der Waals surface area contributed by atoms with Gasteiger partial charge in [0.25, 0.3) is 5.91 Å². The van der Waals surface area contributed by atoms with Gasteiger partial charge in [0.15, 0.2) is 6.10 Å². The lowest BCUT2D eigenvalue weighted by molar-refractivity contribution is -0.137. The highest BCUT2D eigenvalue weighted by Gasteiger charge is 2.36. The van der Waals surface area contributed by atoms with Crippen LogP contribution in [0.2, 0.25) is 10.0 Å². The van der Waals surface area contributed by atoms with Gasteiger partial charge in [0.1, 0.15) is 5.75 Å². The van der Waals surface area contributed by atoms with Crippen LogP contribution in [0.15, 0.2) is 18.2 Å². The van der Waals surface area contributed by atoms with Gasteiger partial charge in [-0.1, -0.05) is 30.1 Å². The van der Waals surface area contributed by atoms with Crippen LogP contribution in [-0.4, -0.2) is 36.5 Å². The number of amides is 1. The van der Waals surface area contributed by atoms with Gasteiger partial charge in [0, 0.05) is 23.1 Å². The third kappa shape index (κ3) is 4.02. The molecule has 1 amide bonds. The summed E-state index contributed by atoms with van der Waals surface area (Å²) in [5.74, 6) is 0.456. The van der Waals surface area contributed by atoms with Gasteiger partial charge in [-0.15, -0.1) is 0 Å². The fraction of sp³-hybridized carbons (Fsp3) is 0.533. The Bertz CT molecular complexity index is 518. The molecule has 1 aromatic carbocycles. The first kappa shape index (κ1) is 16.4. The van der Waals surface area contributed by atoms with Crippen LogP contribution < -0.4 is 10.5 Å². The van der Waals surface area contributed by atoms with Crippen molar-refractivity contribution >= 4 is 29.1 Å². The summed E-state index contributed by atoms with van der Waals surface area (Å²) in [5, 5.41) is 0.961. The Morgan fingerprint density at radius 2 is 2.05 bits per heavy atom. The maximum absolute atomic E-state index is 12.4. The van der Waals surface area contributed by atoms with E-state index in [9.17, 15) is 4.79 Å². The van der Waals surface area contributed by atoms with Gasteiger partial charge in [-0.05, 0) is 43.5 Å². The Morgan fingerprint density at radius 3 is 2.57 bits per heavy atom. The van der Waals surface area contributed by atoms with Crippen LogP contribution >= 0.6 is 23.2 Å². The Morgan fingerprint density at radius 1 is 1.43 bits per heavy atom. The number of likely N-dealkylation sites (tertiary alicyclic amines) is 1. The summed E-state index contributed by atoms with van der Waals surface area (Å²) in [6.45, 7) is 5.80. The molecule has 2 unspecified atom stereocenters. The smallest absolute Gasteiger partial charge is 0.263 e. The van der Waals surface area contributed by atoms with Crippen LogP contribution in [0.5, 0.6) is 5.75 Å². The molecule has 0 aliphatic carbocycles. The molecule has 0 aromatic heterocycles. The van der Waals surface area contributed by atoms with Gasteiger partial charge in [0.05, 0.1) is 0 Å². The maximum Gasteiger partial charge on any atom is 0.263 e. The van der Waals surface area contributed by atoms with E-state index >= 15 is 0 Å². The lowest BCUT2D eigenvalue weighted by atomic mass is 9.90. The van der Waals surface area contributed by atoms with Crippen molar-refractivity contribution in [3.63, 3.8) is 0 Å².